The summed E-state index contributed by atoms with van der Waals surface area (Å²) in [7, 11) is 0. The van der Waals surface area contributed by atoms with Crippen molar-refractivity contribution in [3.8, 4) is 0 Å². The van der Waals surface area contributed by atoms with E-state index < -0.39 is 0 Å². The van der Waals surface area contributed by atoms with Gasteiger partial charge in [0.25, 0.3) is 0 Å². The molecular formula is C11H16. The molecule has 0 spiro atoms. The standard InChI is InChI=1S/C11H16/c1-11(8-4-5-9-11)10-6-2-3-7-10/h2,6-7H,3-5,8-9H2,1H3. The molecule has 0 saturated heterocycles. The van der Waals surface area contributed by atoms with Crippen molar-refractivity contribution < 1.29 is 0 Å². The van der Waals surface area contributed by atoms with Crippen molar-refractivity contribution in [3.63, 3.8) is 0 Å². The number of hydrogen-bond donors (Lipinski definition) is 0. The second-order valence-electron chi connectivity index (χ2n) is 4.07. The lowest BCUT2D eigenvalue weighted by atomic mass is 9.81. The van der Waals surface area contributed by atoms with E-state index in [0.29, 0.717) is 5.41 Å². The van der Waals surface area contributed by atoms with Crippen molar-refractivity contribution >= 4 is 0 Å². The Balaban J connectivity index is 2.18. The molecule has 0 aromatic carbocycles. The molecule has 2 aliphatic carbocycles. The quantitative estimate of drug-likeness (QED) is 0.534. The third-order valence-corrected chi connectivity index (χ3v) is 3.18. The van der Waals surface area contributed by atoms with Gasteiger partial charge in [-0.25, -0.2) is 0 Å². The van der Waals surface area contributed by atoms with Crippen LogP contribution < -0.4 is 0 Å². The lowest BCUT2D eigenvalue weighted by Gasteiger charge is -2.23. The van der Waals surface area contributed by atoms with E-state index in [2.05, 4.69) is 25.2 Å². The first-order valence-corrected chi connectivity index (χ1v) is 4.68. The summed E-state index contributed by atoms with van der Waals surface area (Å²) in [5.41, 5.74) is 2.16. The normalized spacial score (nSPS) is 27.5. The fraction of sp³-hybridized carbons (Fsp3) is 0.636. The number of hydrogen-bond acceptors (Lipinski definition) is 0. The van der Waals surface area contributed by atoms with Crippen LogP contribution in [-0.4, -0.2) is 0 Å². The molecule has 0 aromatic heterocycles. The van der Waals surface area contributed by atoms with Crippen LogP contribution in [0.2, 0.25) is 0 Å². The topological polar surface area (TPSA) is 0 Å². The van der Waals surface area contributed by atoms with E-state index in [1.807, 2.05) is 0 Å². The largest absolute Gasteiger partial charge is 0.0804 e. The van der Waals surface area contributed by atoms with Crippen LogP contribution in [0.3, 0.4) is 0 Å². The molecule has 0 radical (unpaired) electrons. The Morgan fingerprint density at radius 1 is 1.27 bits per heavy atom. The number of allylic oxidation sites excluding steroid dienone is 4. The molecule has 0 amide bonds. The van der Waals surface area contributed by atoms with Gasteiger partial charge >= 0.3 is 0 Å². The summed E-state index contributed by atoms with van der Waals surface area (Å²) < 4.78 is 0. The molecule has 2 rings (SSSR count). The molecule has 0 aromatic rings. The Kier molecular flexibility index (Phi) is 1.63. The van der Waals surface area contributed by atoms with Gasteiger partial charge in [0, 0.05) is 0 Å². The van der Waals surface area contributed by atoms with Gasteiger partial charge in [-0.1, -0.05) is 38.0 Å². The fourth-order valence-corrected chi connectivity index (χ4v) is 2.35. The summed E-state index contributed by atoms with van der Waals surface area (Å²) in [6, 6.07) is 0. The molecule has 0 heterocycles. The van der Waals surface area contributed by atoms with E-state index in [1.54, 1.807) is 5.57 Å². The lowest BCUT2D eigenvalue weighted by Crippen LogP contribution is -2.11. The van der Waals surface area contributed by atoms with Gasteiger partial charge in [-0.15, -0.1) is 0 Å². The van der Waals surface area contributed by atoms with Gasteiger partial charge in [-0.05, 0) is 30.3 Å². The second-order valence-corrected chi connectivity index (χ2v) is 4.07. The zero-order chi connectivity index (χ0) is 7.73. The molecular weight excluding hydrogens is 132 g/mol. The molecule has 2 aliphatic rings. The summed E-state index contributed by atoms with van der Waals surface area (Å²) in [5.74, 6) is 0. The molecule has 60 valence electrons. The van der Waals surface area contributed by atoms with Gasteiger partial charge in [0.05, 0.1) is 0 Å². The monoisotopic (exact) mass is 148 g/mol. The van der Waals surface area contributed by atoms with Gasteiger partial charge in [0.15, 0.2) is 0 Å². The molecule has 1 fully saturated rings. The summed E-state index contributed by atoms with van der Waals surface area (Å²) in [6.07, 6.45) is 13.8. The minimum atomic E-state index is 0.549. The number of rotatable bonds is 1. The van der Waals surface area contributed by atoms with E-state index >= 15 is 0 Å². The van der Waals surface area contributed by atoms with E-state index in [-0.39, 0.29) is 0 Å². The van der Waals surface area contributed by atoms with Crippen molar-refractivity contribution in [2.75, 3.05) is 0 Å². The third-order valence-electron chi connectivity index (χ3n) is 3.18. The van der Waals surface area contributed by atoms with Gasteiger partial charge in [-0.2, -0.15) is 0 Å². The average Bonchev–Trinajstić information content (AvgIpc) is 2.55. The third kappa shape index (κ3) is 1.15. The second kappa shape index (κ2) is 2.51. The van der Waals surface area contributed by atoms with Crippen molar-refractivity contribution in [3.05, 3.63) is 23.8 Å². The molecule has 0 nitrogen and oxygen atoms in total. The van der Waals surface area contributed by atoms with Crippen LogP contribution >= 0.6 is 0 Å². The van der Waals surface area contributed by atoms with E-state index in [1.165, 1.54) is 32.1 Å². The van der Waals surface area contributed by atoms with Crippen molar-refractivity contribution in [2.45, 2.75) is 39.0 Å². The maximum Gasteiger partial charge on any atom is -0.00784 e. The van der Waals surface area contributed by atoms with Crippen molar-refractivity contribution in [2.24, 2.45) is 5.41 Å². The zero-order valence-electron chi connectivity index (χ0n) is 7.27. The molecule has 0 N–H and O–H groups in total. The van der Waals surface area contributed by atoms with Crippen LogP contribution in [0.1, 0.15) is 39.0 Å². The Morgan fingerprint density at radius 2 is 2.00 bits per heavy atom. The first-order chi connectivity index (χ1) is 5.31. The summed E-state index contributed by atoms with van der Waals surface area (Å²) in [6.45, 7) is 2.42. The Hall–Kier alpha value is -0.520. The van der Waals surface area contributed by atoms with E-state index in [4.69, 9.17) is 0 Å². The Morgan fingerprint density at radius 3 is 2.55 bits per heavy atom. The maximum atomic E-state index is 2.42. The lowest BCUT2D eigenvalue weighted by molar-refractivity contribution is 0.425. The highest BCUT2D eigenvalue weighted by Gasteiger charge is 2.31. The zero-order valence-corrected chi connectivity index (χ0v) is 7.27. The van der Waals surface area contributed by atoms with Crippen LogP contribution in [-0.2, 0) is 0 Å². The van der Waals surface area contributed by atoms with Crippen LogP contribution in [0.25, 0.3) is 0 Å². The summed E-state index contributed by atoms with van der Waals surface area (Å²) in [4.78, 5) is 0. The van der Waals surface area contributed by atoms with Crippen molar-refractivity contribution in [1.82, 2.24) is 0 Å². The van der Waals surface area contributed by atoms with Gasteiger partial charge in [0.1, 0.15) is 0 Å². The molecule has 0 aliphatic heterocycles. The average molecular weight is 148 g/mol. The van der Waals surface area contributed by atoms with Gasteiger partial charge in [0.2, 0.25) is 0 Å². The molecule has 0 atom stereocenters. The van der Waals surface area contributed by atoms with Crippen LogP contribution in [0.4, 0.5) is 0 Å². The van der Waals surface area contributed by atoms with Crippen molar-refractivity contribution in [1.29, 1.82) is 0 Å². The van der Waals surface area contributed by atoms with E-state index in [0.717, 1.165) is 0 Å². The molecule has 0 unspecified atom stereocenters. The van der Waals surface area contributed by atoms with Crippen LogP contribution in [0.5, 0.6) is 0 Å². The molecule has 1 saturated carbocycles. The SMILES string of the molecule is CC1(C2=CCC=C2)CCCC1. The fourth-order valence-electron chi connectivity index (χ4n) is 2.35. The van der Waals surface area contributed by atoms with Gasteiger partial charge < -0.3 is 0 Å². The highest BCUT2D eigenvalue weighted by molar-refractivity contribution is 5.32. The minimum absolute atomic E-state index is 0.549. The highest BCUT2D eigenvalue weighted by Crippen LogP contribution is 2.45. The Bertz CT molecular complexity index is 202. The summed E-state index contributed by atoms with van der Waals surface area (Å²) >= 11 is 0. The Labute approximate surface area is 69.0 Å². The van der Waals surface area contributed by atoms with Crippen LogP contribution in [0.15, 0.2) is 23.8 Å². The minimum Gasteiger partial charge on any atom is -0.0804 e. The smallest absolute Gasteiger partial charge is 0.00784 e. The van der Waals surface area contributed by atoms with Gasteiger partial charge in [-0.3, -0.25) is 0 Å². The van der Waals surface area contributed by atoms with E-state index in [9.17, 15) is 0 Å². The highest BCUT2D eigenvalue weighted by atomic mass is 14.4. The predicted octanol–water partition coefficient (Wildman–Crippen LogP) is 3.45. The first-order valence-electron chi connectivity index (χ1n) is 4.68. The predicted molar refractivity (Wildman–Crippen MR) is 48.4 cm³/mol. The maximum absolute atomic E-state index is 2.42. The summed E-state index contributed by atoms with van der Waals surface area (Å²) in [5, 5.41) is 0. The molecule has 11 heavy (non-hydrogen) atoms. The molecule has 0 bridgehead atoms. The molecule has 0 heteroatoms. The first kappa shape index (κ1) is 7.15. The van der Waals surface area contributed by atoms with Crippen LogP contribution in [0, 0.1) is 5.41 Å².